The number of ether oxygens (including phenoxy) is 1. The summed E-state index contributed by atoms with van der Waals surface area (Å²) < 4.78 is 44.9. The summed E-state index contributed by atoms with van der Waals surface area (Å²) in [6, 6.07) is 0.429. The zero-order valence-electron chi connectivity index (χ0n) is 17.3. The van der Waals surface area contributed by atoms with Crippen molar-refractivity contribution in [3.8, 4) is 5.75 Å². The Labute approximate surface area is 173 Å². The van der Waals surface area contributed by atoms with Gasteiger partial charge in [0.1, 0.15) is 6.04 Å². The van der Waals surface area contributed by atoms with Crippen LogP contribution in [0.1, 0.15) is 74.8 Å². The molecular weight excluding hydrogens is 403 g/mol. The lowest BCUT2D eigenvalue weighted by Gasteiger charge is -2.30. The standard InChI is InChI=1S/C20H28F3N3O4/c1-4-9-24-17(27)14(5-2)26-18(28)16-15(10-13(11-25-16)12-7-8-12)30-19(29,6-3)20(21,22)23/h10-12,14,29H,4-9H2,1-3H3,(H,24,27)(H,26,28)/t14?,19-/m0/s1. The molecule has 1 aromatic heterocycles. The lowest BCUT2D eigenvalue weighted by Crippen LogP contribution is -2.50. The first-order valence-corrected chi connectivity index (χ1v) is 10.1. The van der Waals surface area contributed by atoms with Gasteiger partial charge in [-0.15, -0.1) is 0 Å². The normalized spacial score (nSPS) is 17.0. The van der Waals surface area contributed by atoms with E-state index in [-0.39, 0.29) is 12.3 Å². The van der Waals surface area contributed by atoms with Gasteiger partial charge in [-0.3, -0.25) is 9.59 Å². The molecule has 30 heavy (non-hydrogen) atoms. The van der Waals surface area contributed by atoms with Crippen molar-refractivity contribution < 1.29 is 32.6 Å². The summed E-state index contributed by atoms with van der Waals surface area (Å²) in [5.41, 5.74) is 0.215. The van der Waals surface area contributed by atoms with E-state index in [0.717, 1.165) is 19.8 Å². The van der Waals surface area contributed by atoms with E-state index >= 15 is 0 Å². The zero-order valence-corrected chi connectivity index (χ0v) is 17.3. The smallest absolute Gasteiger partial charge is 0.451 e. The number of aromatic nitrogens is 1. The fourth-order valence-electron chi connectivity index (χ4n) is 2.81. The first-order valence-electron chi connectivity index (χ1n) is 10.1. The van der Waals surface area contributed by atoms with E-state index in [4.69, 9.17) is 4.74 Å². The third-order valence-corrected chi connectivity index (χ3v) is 4.92. The van der Waals surface area contributed by atoms with Crippen molar-refractivity contribution in [3.63, 3.8) is 0 Å². The van der Waals surface area contributed by atoms with Crippen LogP contribution in [-0.4, -0.2) is 46.5 Å². The second-order valence-corrected chi connectivity index (χ2v) is 7.35. The van der Waals surface area contributed by atoms with Gasteiger partial charge in [0.25, 0.3) is 5.91 Å². The molecule has 7 nitrogen and oxygen atoms in total. The Morgan fingerprint density at radius 2 is 1.97 bits per heavy atom. The predicted molar refractivity (Wildman–Crippen MR) is 103 cm³/mol. The molecule has 1 aromatic rings. The minimum absolute atomic E-state index is 0.140. The van der Waals surface area contributed by atoms with E-state index in [0.29, 0.717) is 18.5 Å². The molecule has 0 saturated heterocycles. The highest BCUT2D eigenvalue weighted by Gasteiger charge is 2.56. The minimum Gasteiger partial charge on any atom is -0.451 e. The summed E-state index contributed by atoms with van der Waals surface area (Å²) in [6.45, 7) is 5.13. The number of pyridine rings is 1. The number of nitrogens with zero attached hydrogens (tertiary/aromatic N) is 1. The summed E-state index contributed by atoms with van der Waals surface area (Å²) >= 11 is 0. The van der Waals surface area contributed by atoms with E-state index in [1.165, 1.54) is 12.3 Å². The number of carbonyl (C=O) groups excluding carboxylic acids is 2. The molecule has 1 unspecified atom stereocenters. The van der Waals surface area contributed by atoms with Crippen LogP contribution in [0, 0.1) is 0 Å². The van der Waals surface area contributed by atoms with Crippen LogP contribution in [0.25, 0.3) is 0 Å². The Bertz CT molecular complexity index is 768. The molecule has 0 aliphatic heterocycles. The summed E-state index contributed by atoms with van der Waals surface area (Å²) in [7, 11) is 0. The average molecular weight is 431 g/mol. The van der Waals surface area contributed by atoms with Crippen molar-refractivity contribution in [2.45, 2.75) is 76.8 Å². The SMILES string of the molecule is CCCNC(=O)C(CC)NC(=O)c1ncc(C2CC2)cc1O[C@@](O)(CC)C(F)(F)F. The van der Waals surface area contributed by atoms with Gasteiger partial charge in [0.2, 0.25) is 5.91 Å². The summed E-state index contributed by atoms with van der Waals surface area (Å²) in [5.74, 6) is -5.05. The Morgan fingerprint density at radius 3 is 2.47 bits per heavy atom. The van der Waals surface area contributed by atoms with Gasteiger partial charge in [0.05, 0.1) is 0 Å². The highest BCUT2D eigenvalue weighted by atomic mass is 19.4. The number of hydrogen-bond acceptors (Lipinski definition) is 5. The van der Waals surface area contributed by atoms with Crippen molar-refractivity contribution in [2.24, 2.45) is 0 Å². The topological polar surface area (TPSA) is 101 Å². The molecule has 2 amide bonds. The van der Waals surface area contributed by atoms with Gasteiger partial charge in [-0.2, -0.15) is 13.2 Å². The molecule has 1 aliphatic rings. The van der Waals surface area contributed by atoms with Crippen LogP contribution >= 0.6 is 0 Å². The Hall–Kier alpha value is -2.36. The Morgan fingerprint density at radius 1 is 1.30 bits per heavy atom. The molecule has 2 atom stereocenters. The van der Waals surface area contributed by atoms with Gasteiger partial charge in [-0.25, -0.2) is 4.98 Å². The van der Waals surface area contributed by atoms with Gasteiger partial charge in [0, 0.05) is 19.2 Å². The molecule has 168 valence electrons. The van der Waals surface area contributed by atoms with Crippen LogP contribution in [0.3, 0.4) is 0 Å². The monoisotopic (exact) mass is 431 g/mol. The van der Waals surface area contributed by atoms with Crippen LogP contribution < -0.4 is 15.4 Å². The van der Waals surface area contributed by atoms with Crippen LogP contribution in [-0.2, 0) is 4.79 Å². The third kappa shape index (κ3) is 5.62. The van der Waals surface area contributed by atoms with Crippen molar-refractivity contribution in [2.75, 3.05) is 6.54 Å². The number of halogens is 3. The van der Waals surface area contributed by atoms with Crippen molar-refractivity contribution >= 4 is 11.8 Å². The molecular formula is C20H28F3N3O4. The maximum atomic E-state index is 13.3. The van der Waals surface area contributed by atoms with Gasteiger partial charge in [-0.05, 0) is 43.2 Å². The maximum absolute atomic E-state index is 13.3. The van der Waals surface area contributed by atoms with Crippen molar-refractivity contribution in [1.82, 2.24) is 15.6 Å². The maximum Gasteiger partial charge on any atom is 0.455 e. The lowest BCUT2D eigenvalue weighted by atomic mass is 10.1. The zero-order chi connectivity index (χ0) is 22.5. The average Bonchev–Trinajstić information content (AvgIpc) is 3.54. The summed E-state index contributed by atoms with van der Waals surface area (Å²) in [5, 5.41) is 15.1. The van der Waals surface area contributed by atoms with Crippen LogP contribution in [0.15, 0.2) is 12.3 Å². The van der Waals surface area contributed by atoms with Gasteiger partial charge < -0.3 is 20.5 Å². The fraction of sp³-hybridized carbons (Fsp3) is 0.650. The van der Waals surface area contributed by atoms with E-state index < -0.39 is 47.7 Å². The molecule has 1 saturated carbocycles. The molecule has 3 N–H and O–H groups in total. The molecule has 0 bridgehead atoms. The number of alkyl halides is 3. The van der Waals surface area contributed by atoms with Crippen LogP contribution in [0.2, 0.25) is 0 Å². The molecule has 0 aromatic carbocycles. The highest BCUT2D eigenvalue weighted by molar-refractivity contribution is 5.98. The Balaban J connectivity index is 2.32. The molecule has 1 heterocycles. The first kappa shape index (κ1) is 23.9. The fourth-order valence-corrected chi connectivity index (χ4v) is 2.81. The lowest BCUT2D eigenvalue weighted by molar-refractivity contribution is -0.336. The second-order valence-electron chi connectivity index (χ2n) is 7.35. The van der Waals surface area contributed by atoms with E-state index in [9.17, 15) is 27.9 Å². The van der Waals surface area contributed by atoms with Crippen molar-refractivity contribution in [3.05, 3.63) is 23.5 Å². The van der Waals surface area contributed by atoms with Gasteiger partial charge >= 0.3 is 12.0 Å². The van der Waals surface area contributed by atoms with E-state index in [1.54, 1.807) is 6.92 Å². The van der Waals surface area contributed by atoms with E-state index in [2.05, 4.69) is 15.6 Å². The predicted octanol–water partition coefficient (Wildman–Crippen LogP) is 3.03. The highest BCUT2D eigenvalue weighted by Crippen LogP contribution is 2.42. The number of hydrogen-bond donors (Lipinski definition) is 3. The number of carbonyl (C=O) groups is 2. The summed E-state index contributed by atoms with van der Waals surface area (Å²) in [6.07, 6.45) is -1.72. The van der Waals surface area contributed by atoms with Gasteiger partial charge in [0.15, 0.2) is 11.4 Å². The number of aliphatic hydroxyl groups is 1. The quantitative estimate of drug-likeness (QED) is 0.495. The number of rotatable bonds is 10. The summed E-state index contributed by atoms with van der Waals surface area (Å²) in [4.78, 5) is 28.9. The molecule has 1 fully saturated rings. The Kier molecular flexibility index (Phi) is 7.68. The first-order chi connectivity index (χ1) is 14.1. The van der Waals surface area contributed by atoms with Gasteiger partial charge in [-0.1, -0.05) is 20.8 Å². The number of nitrogens with one attached hydrogen (secondary N) is 2. The number of amides is 2. The van der Waals surface area contributed by atoms with Crippen LogP contribution in [0.4, 0.5) is 13.2 Å². The van der Waals surface area contributed by atoms with E-state index in [1.807, 2.05) is 6.92 Å². The molecule has 0 radical (unpaired) electrons. The molecule has 1 aliphatic carbocycles. The minimum atomic E-state index is -5.07. The second kappa shape index (κ2) is 9.63. The van der Waals surface area contributed by atoms with Crippen molar-refractivity contribution in [1.29, 1.82) is 0 Å². The van der Waals surface area contributed by atoms with Crippen LogP contribution in [0.5, 0.6) is 5.75 Å². The third-order valence-electron chi connectivity index (χ3n) is 4.92. The molecule has 0 spiro atoms. The molecule has 2 rings (SSSR count). The largest absolute Gasteiger partial charge is 0.455 e. The molecule has 10 heteroatoms.